The van der Waals surface area contributed by atoms with E-state index < -0.39 is 0 Å². The first-order chi connectivity index (χ1) is 12.1. The van der Waals surface area contributed by atoms with Gasteiger partial charge >= 0.3 is 0 Å². The lowest BCUT2D eigenvalue weighted by Gasteiger charge is -2.21. The quantitative estimate of drug-likeness (QED) is 0.867. The Kier molecular flexibility index (Phi) is 6.42. The molecule has 1 saturated heterocycles. The Morgan fingerprint density at radius 1 is 1.20 bits per heavy atom. The number of rotatable bonds is 5. The van der Waals surface area contributed by atoms with E-state index >= 15 is 0 Å². The van der Waals surface area contributed by atoms with Crippen LogP contribution in [0.2, 0.25) is 5.02 Å². The molecule has 0 unspecified atom stereocenters. The van der Waals surface area contributed by atoms with Crippen molar-refractivity contribution in [3.8, 4) is 0 Å². The summed E-state index contributed by atoms with van der Waals surface area (Å²) in [5.74, 6) is 0.0144. The Morgan fingerprint density at radius 2 is 1.92 bits per heavy atom. The minimum atomic E-state index is 0.0144. The molecule has 0 radical (unpaired) electrons. The Morgan fingerprint density at radius 3 is 2.64 bits per heavy atom. The monoisotopic (exact) mass is 378 g/mol. The number of halogens is 1. The number of hydrogen-bond donors (Lipinski definition) is 1. The van der Waals surface area contributed by atoms with Crippen molar-refractivity contribution in [3.05, 3.63) is 45.9 Å². The summed E-state index contributed by atoms with van der Waals surface area (Å²) in [5.41, 5.74) is 2.21. The molecule has 5 nitrogen and oxygen atoms in total. The van der Waals surface area contributed by atoms with Gasteiger partial charge in [0.15, 0.2) is 5.13 Å². The summed E-state index contributed by atoms with van der Waals surface area (Å²) in [6.07, 6.45) is 1.07. The average molecular weight is 379 g/mol. The maximum Gasteiger partial charge on any atom is 0.240 e. The van der Waals surface area contributed by atoms with Crippen molar-refractivity contribution < 1.29 is 4.79 Å². The lowest BCUT2D eigenvalue weighted by atomic mass is 10.2. The van der Waals surface area contributed by atoms with Gasteiger partial charge in [-0.05, 0) is 44.1 Å². The Labute approximate surface area is 157 Å². The van der Waals surface area contributed by atoms with Gasteiger partial charge in [-0.3, -0.25) is 14.6 Å². The van der Waals surface area contributed by atoms with Crippen molar-refractivity contribution in [2.24, 2.45) is 0 Å². The molecule has 0 saturated carbocycles. The lowest BCUT2D eigenvalue weighted by molar-refractivity contribution is -0.117. The molecular weight excluding hydrogens is 356 g/mol. The molecule has 2 aromatic rings. The summed E-state index contributed by atoms with van der Waals surface area (Å²) in [4.78, 5) is 21.1. The van der Waals surface area contributed by atoms with E-state index in [2.05, 4.69) is 32.2 Å². The molecule has 3 rings (SSSR count). The fraction of sp³-hybridized carbons (Fsp3) is 0.444. The van der Waals surface area contributed by atoms with Gasteiger partial charge < -0.3 is 5.32 Å². The highest BCUT2D eigenvalue weighted by atomic mass is 35.5. The Bertz CT molecular complexity index is 703. The lowest BCUT2D eigenvalue weighted by Crippen LogP contribution is -2.36. The molecule has 25 heavy (non-hydrogen) atoms. The molecule has 1 aliphatic rings. The molecule has 1 aliphatic heterocycles. The number of nitrogens with one attached hydrogen (secondary N) is 1. The van der Waals surface area contributed by atoms with Crippen molar-refractivity contribution in [2.45, 2.75) is 19.9 Å². The van der Waals surface area contributed by atoms with E-state index in [4.69, 9.17) is 11.6 Å². The van der Waals surface area contributed by atoms with Gasteiger partial charge in [-0.25, -0.2) is 4.98 Å². The molecule has 1 aromatic carbocycles. The minimum Gasteiger partial charge on any atom is -0.301 e. The van der Waals surface area contributed by atoms with Crippen LogP contribution in [0.5, 0.6) is 0 Å². The van der Waals surface area contributed by atoms with Crippen LogP contribution >= 0.6 is 22.9 Å². The molecule has 1 amide bonds. The molecule has 2 heterocycles. The molecule has 134 valence electrons. The normalized spacial score (nSPS) is 16.6. The van der Waals surface area contributed by atoms with Gasteiger partial charge in [-0.1, -0.05) is 23.7 Å². The number of nitrogens with zero attached hydrogens (tertiary/aromatic N) is 3. The zero-order valence-electron chi connectivity index (χ0n) is 14.4. The van der Waals surface area contributed by atoms with Gasteiger partial charge in [-0.2, -0.15) is 0 Å². The summed E-state index contributed by atoms with van der Waals surface area (Å²) >= 11 is 7.41. The van der Waals surface area contributed by atoms with Crippen LogP contribution in [-0.4, -0.2) is 53.4 Å². The third-order valence-corrected chi connectivity index (χ3v) is 5.36. The molecule has 1 N–H and O–H groups in total. The molecule has 0 aliphatic carbocycles. The second-order valence-electron chi connectivity index (χ2n) is 6.37. The van der Waals surface area contributed by atoms with Gasteiger partial charge in [0.05, 0.1) is 12.2 Å². The van der Waals surface area contributed by atoms with Gasteiger partial charge in [0, 0.05) is 30.0 Å². The standard InChI is InChI=1S/C18H23ClN4OS/c1-14-13-25-18(20-14)21-17(24)12-23-8-2-7-22(9-10-23)11-15-3-5-16(19)6-4-15/h3-6,13H,2,7-12H2,1H3,(H,20,21,24). The van der Waals surface area contributed by atoms with Crippen LogP contribution in [0.3, 0.4) is 0 Å². The third kappa shape index (κ3) is 5.78. The van der Waals surface area contributed by atoms with Crippen molar-refractivity contribution in [1.29, 1.82) is 0 Å². The maximum absolute atomic E-state index is 12.2. The molecule has 0 spiro atoms. The summed E-state index contributed by atoms with van der Waals surface area (Å²) in [6, 6.07) is 8.03. The van der Waals surface area contributed by atoms with Gasteiger partial charge in [0.25, 0.3) is 0 Å². The fourth-order valence-corrected chi connectivity index (χ4v) is 3.79. The van der Waals surface area contributed by atoms with Crippen LogP contribution < -0.4 is 5.32 Å². The zero-order valence-corrected chi connectivity index (χ0v) is 15.9. The SMILES string of the molecule is Cc1csc(NC(=O)CN2CCCN(Cc3ccc(Cl)cc3)CC2)n1. The number of hydrogen-bond acceptors (Lipinski definition) is 5. The molecule has 0 bridgehead atoms. The van der Waals surface area contributed by atoms with Crippen molar-refractivity contribution >= 4 is 34.0 Å². The number of anilines is 1. The molecule has 1 fully saturated rings. The van der Waals surface area contributed by atoms with E-state index in [1.54, 1.807) is 0 Å². The second-order valence-corrected chi connectivity index (χ2v) is 7.67. The number of thiazole rings is 1. The first-order valence-corrected chi connectivity index (χ1v) is 9.75. The minimum absolute atomic E-state index is 0.0144. The van der Waals surface area contributed by atoms with Crippen LogP contribution in [-0.2, 0) is 11.3 Å². The number of carbonyl (C=O) groups excluding carboxylic acids is 1. The van der Waals surface area contributed by atoms with Crippen molar-refractivity contribution in [3.63, 3.8) is 0 Å². The van der Waals surface area contributed by atoms with Crippen LogP contribution in [0.1, 0.15) is 17.7 Å². The molecule has 1 aromatic heterocycles. The largest absolute Gasteiger partial charge is 0.301 e. The smallest absolute Gasteiger partial charge is 0.240 e. The van der Waals surface area contributed by atoms with Crippen molar-refractivity contribution in [2.75, 3.05) is 38.0 Å². The second kappa shape index (κ2) is 8.76. The van der Waals surface area contributed by atoms with E-state index in [9.17, 15) is 4.79 Å². The van der Waals surface area contributed by atoms with E-state index in [-0.39, 0.29) is 5.91 Å². The zero-order chi connectivity index (χ0) is 17.6. The Balaban J connectivity index is 1.46. The topological polar surface area (TPSA) is 48.5 Å². The number of benzene rings is 1. The van der Waals surface area contributed by atoms with Crippen LogP contribution in [0.4, 0.5) is 5.13 Å². The average Bonchev–Trinajstić information content (AvgIpc) is 2.85. The predicted octanol–water partition coefficient (Wildman–Crippen LogP) is 3.25. The number of aryl methyl sites for hydroxylation is 1. The van der Waals surface area contributed by atoms with Gasteiger partial charge in [0.1, 0.15) is 0 Å². The highest BCUT2D eigenvalue weighted by Gasteiger charge is 2.17. The number of amides is 1. The highest BCUT2D eigenvalue weighted by Crippen LogP contribution is 2.15. The number of aromatic nitrogens is 1. The summed E-state index contributed by atoms with van der Waals surface area (Å²) in [6.45, 7) is 7.14. The fourth-order valence-electron chi connectivity index (χ4n) is 2.96. The summed E-state index contributed by atoms with van der Waals surface area (Å²) in [7, 11) is 0. The first-order valence-electron chi connectivity index (χ1n) is 8.49. The van der Waals surface area contributed by atoms with Crippen LogP contribution in [0.25, 0.3) is 0 Å². The van der Waals surface area contributed by atoms with E-state index in [0.717, 1.165) is 49.9 Å². The summed E-state index contributed by atoms with van der Waals surface area (Å²) in [5, 5.41) is 6.28. The summed E-state index contributed by atoms with van der Waals surface area (Å²) < 4.78 is 0. The van der Waals surface area contributed by atoms with Gasteiger partial charge in [0.2, 0.25) is 5.91 Å². The first kappa shape index (κ1) is 18.3. The van der Waals surface area contributed by atoms with Gasteiger partial charge in [-0.15, -0.1) is 11.3 Å². The highest BCUT2D eigenvalue weighted by molar-refractivity contribution is 7.13. The van der Waals surface area contributed by atoms with E-state index in [1.807, 2.05) is 24.4 Å². The van der Waals surface area contributed by atoms with Crippen LogP contribution in [0, 0.1) is 6.92 Å². The van der Waals surface area contributed by atoms with Crippen molar-refractivity contribution in [1.82, 2.24) is 14.8 Å². The molecule has 0 atom stereocenters. The van der Waals surface area contributed by atoms with E-state index in [1.165, 1.54) is 16.9 Å². The Hall–Kier alpha value is -1.47. The predicted molar refractivity (Wildman–Crippen MR) is 103 cm³/mol. The number of carbonyl (C=O) groups is 1. The molecular formula is C18H23ClN4OS. The third-order valence-electron chi connectivity index (χ3n) is 4.23. The molecule has 7 heteroatoms. The van der Waals surface area contributed by atoms with Crippen LogP contribution in [0.15, 0.2) is 29.6 Å². The maximum atomic E-state index is 12.2. The van der Waals surface area contributed by atoms with E-state index in [0.29, 0.717) is 11.7 Å².